The Labute approximate surface area is 99.8 Å². The summed E-state index contributed by atoms with van der Waals surface area (Å²) in [6, 6.07) is 2.10. The Bertz CT molecular complexity index is 563. The molecule has 1 aliphatic carbocycles. The Morgan fingerprint density at radius 1 is 1.56 bits per heavy atom. The predicted molar refractivity (Wildman–Crippen MR) is 60.9 cm³/mol. The molecule has 6 heteroatoms. The minimum atomic E-state index is -0.419. The molecule has 1 heterocycles. The normalized spacial score (nSPS) is 16.8. The molecule has 1 fully saturated rings. The van der Waals surface area contributed by atoms with Crippen molar-refractivity contribution in [2.75, 3.05) is 0 Å². The van der Waals surface area contributed by atoms with Gasteiger partial charge in [-0.25, -0.2) is 4.79 Å². The van der Waals surface area contributed by atoms with Gasteiger partial charge in [0.05, 0.1) is 10.5 Å². The van der Waals surface area contributed by atoms with Gasteiger partial charge in [-0.3, -0.25) is 9.36 Å². The lowest BCUT2D eigenvalue weighted by atomic mass is 10.0. The number of nitrogens with zero attached hydrogens (tertiary/aromatic N) is 2. The first-order valence-electron chi connectivity index (χ1n) is 4.93. The molecule has 0 atom stereocenters. The standard InChI is InChI=1S/C10H10BrN3O2/c11-7-5-13-9(16)14(8(7)15)6-10(1-2-10)3-4-12/h5H,1-3,6H2,(H,13,16). The van der Waals surface area contributed by atoms with Crippen LogP contribution >= 0.6 is 15.9 Å². The lowest BCUT2D eigenvalue weighted by Crippen LogP contribution is -2.37. The van der Waals surface area contributed by atoms with Crippen LogP contribution in [0.1, 0.15) is 19.3 Å². The van der Waals surface area contributed by atoms with Gasteiger partial charge in [0.25, 0.3) is 5.56 Å². The summed E-state index contributed by atoms with van der Waals surface area (Å²) >= 11 is 3.08. The van der Waals surface area contributed by atoms with Crippen LogP contribution in [0.15, 0.2) is 20.3 Å². The first-order chi connectivity index (χ1) is 7.58. The monoisotopic (exact) mass is 283 g/mol. The number of nitrogens with one attached hydrogen (secondary N) is 1. The van der Waals surface area contributed by atoms with Crippen molar-refractivity contribution in [2.45, 2.75) is 25.8 Å². The molecule has 0 unspecified atom stereocenters. The molecule has 0 aliphatic heterocycles. The second kappa shape index (κ2) is 3.91. The van der Waals surface area contributed by atoms with Crippen LogP contribution in [0.25, 0.3) is 0 Å². The highest BCUT2D eigenvalue weighted by Gasteiger charge is 2.43. The van der Waals surface area contributed by atoms with E-state index in [0.717, 1.165) is 17.4 Å². The maximum absolute atomic E-state index is 11.7. The Morgan fingerprint density at radius 2 is 2.25 bits per heavy atom. The second-order valence-corrected chi connectivity index (χ2v) is 5.02. The van der Waals surface area contributed by atoms with Gasteiger partial charge in [-0.1, -0.05) is 0 Å². The quantitative estimate of drug-likeness (QED) is 0.899. The van der Waals surface area contributed by atoms with Crippen molar-refractivity contribution in [3.63, 3.8) is 0 Å². The van der Waals surface area contributed by atoms with Crippen molar-refractivity contribution in [2.24, 2.45) is 5.41 Å². The predicted octanol–water partition coefficient (Wildman–Crippen LogP) is 0.993. The zero-order valence-electron chi connectivity index (χ0n) is 8.49. The molecule has 5 nitrogen and oxygen atoms in total. The van der Waals surface area contributed by atoms with Crippen molar-refractivity contribution < 1.29 is 0 Å². The highest BCUT2D eigenvalue weighted by Crippen LogP contribution is 2.49. The van der Waals surface area contributed by atoms with E-state index in [4.69, 9.17) is 5.26 Å². The first-order valence-corrected chi connectivity index (χ1v) is 5.72. The van der Waals surface area contributed by atoms with Crippen LogP contribution in [0.4, 0.5) is 0 Å². The van der Waals surface area contributed by atoms with E-state index < -0.39 is 5.69 Å². The summed E-state index contributed by atoms with van der Waals surface area (Å²) in [4.78, 5) is 25.7. The van der Waals surface area contributed by atoms with Gasteiger partial charge in [0.2, 0.25) is 0 Å². The number of rotatable bonds is 3. The fourth-order valence-corrected chi connectivity index (χ4v) is 2.03. The summed E-state index contributed by atoms with van der Waals surface area (Å²) in [7, 11) is 0. The number of halogens is 1. The third-order valence-electron chi connectivity index (χ3n) is 2.92. The van der Waals surface area contributed by atoms with E-state index in [0.29, 0.717) is 17.4 Å². The third-order valence-corrected chi connectivity index (χ3v) is 3.49. The molecule has 16 heavy (non-hydrogen) atoms. The molecule has 1 aliphatic rings. The van der Waals surface area contributed by atoms with Gasteiger partial charge < -0.3 is 4.98 Å². The van der Waals surface area contributed by atoms with Gasteiger partial charge in [-0.15, -0.1) is 0 Å². The molecule has 2 rings (SSSR count). The largest absolute Gasteiger partial charge is 0.328 e. The maximum Gasteiger partial charge on any atom is 0.328 e. The van der Waals surface area contributed by atoms with E-state index in [1.165, 1.54) is 6.20 Å². The van der Waals surface area contributed by atoms with Gasteiger partial charge >= 0.3 is 5.69 Å². The average molecular weight is 284 g/mol. The molecule has 1 aromatic heterocycles. The van der Waals surface area contributed by atoms with Crippen LogP contribution in [0.3, 0.4) is 0 Å². The van der Waals surface area contributed by atoms with Gasteiger partial charge in [-0.2, -0.15) is 5.26 Å². The number of hydrogen-bond acceptors (Lipinski definition) is 3. The van der Waals surface area contributed by atoms with Gasteiger partial charge in [0.15, 0.2) is 0 Å². The molecule has 84 valence electrons. The van der Waals surface area contributed by atoms with E-state index in [9.17, 15) is 9.59 Å². The van der Waals surface area contributed by atoms with E-state index in [1.54, 1.807) is 0 Å². The van der Waals surface area contributed by atoms with E-state index >= 15 is 0 Å². The maximum atomic E-state index is 11.7. The average Bonchev–Trinajstić information content (AvgIpc) is 3.00. The second-order valence-electron chi connectivity index (χ2n) is 4.17. The molecule has 0 saturated heterocycles. The van der Waals surface area contributed by atoms with E-state index in [-0.39, 0.29) is 11.0 Å². The molecular weight excluding hydrogens is 274 g/mol. The molecule has 0 bridgehead atoms. The minimum Gasteiger partial charge on any atom is -0.313 e. The molecular formula is C10H10BrN3O2. The summed E-state index contributed by atoms with van der Waals surface area (Å²) in [5.74, 6) is 0. The topological polar surface area (TPSA) is 78.7 Å². The highest BCUT2D eigenvalue weighted by atomic mass is 79.9. The van der Waals surface area contributed by atoms with Crippen LogP contribution < -0.4 is 11.2 Å². The lowest BCUT2D eigenvalue weighted by Gasteiger charge is -2.11. The molecule has 1 aromatic rings. The molecule has 0 spiro atoms. The number of aromatic amines is 1. The van der Waals surface area contributed by atoms with Crippen LogP contribution in [0.5, 0.6) is 0 Å². The van der Waals surface area contributed by atoms with Crippen molar-refractivity contribution >= 4 is 15.9 Å². The van der Waals surface area contributed by atoms with Crippen LogP contribution in [0.2, 0.25) is 0 Å². The summed E-state index contributed by atoms with van der Waals surface area (Å²) in [5.41, 5.74) is -0.919. The van der Waals surface area contributed by atoms with Gasteiger partial charge in [0.1, 0.15) is 0 Å². The Balaban J connectivity index is 2.36. The Morgan fingerprint density at radius 3 is 2.81 bits per heavy atom. The summed E-state index contributed by atoms with van der Waals surface area (Å²) in [5, 5.41) is 8.68. The van der Waals surface area contributed by atoms with Crippen molar-refractivity contribution in [1.29, 1.82) is 5.26 Å². The zero-order valence-corrected chi connectivity index (χ0v) is 10.1. The Kier molecular flexibility index (Phi) is 2.72. The van der Waals surface area contributed by atoms with Gasteiger partial charge in [0, 0.05) is 24.6 Å². The number of H-pyrrole nitrogens is 1. The number of aromatic nitrogens is 2. The van der Waals surface area contributed by atoms with Gasteiger partial charge in [-0.05, 0) is 28.8 Å². The fraction of sp³-hybridized carbons (Fsp3) is 0.500. The number of hydrogen-bond donors (Lipinski definition) is 1. The molecule has 0 aromatic carbocycles. The first kappa shape index (κ1) is 11.1. The summed E-state index contributed by atoms with van der Waals surface area (Å²) in [6.45, 7) is 0.328. The number of nitriles is 1. The SMILES string of the molecule is N#CCC1(Cn2c(=O)[nH]cc(Br)c2=O)CC1. The molecule has 1 N–H and O–H groups in total. The lowest BCUT2D eigenvalue weighted by molar-refractivity contribution is 0.411. The van der Waals surface area contributed by atoms with Crippen LogP contribution in [0, 0.1) is 16.7 Å². The summed E-state index contributed by atoms with van der Waals surface area (Å²) < 4.78 is 1.49. The zero-order chi connectivity index (χ0) is 11.8. The van der Waals surface area contributed by atoms with Crippen molar-refractivity contribution in [3.05, 3.63) is 31.5 Å². The molecule has 0 amide bonds. The third kappa shape index (κ3) is 1.95. The van der Waals surface area contributed by atoms with E-state index in [1.807, 2.05) is 0 Å². The fourth-order valence-electron chi connectivity index (χ4n) is 1.70. The van der Waals surface area contributed by atoms with Crippen molar-refractivity contribution in [1.82, 2.24) is 9.55 Å². The van der Waals surface area contributed by atoms with Crippen molar-refractivity contribution in [3.8, 4) is 6.07 Å². The Hall–Kier alpha value is -1.35. The minimum absolute atomic E-state index is 0.160. The summed E-state index contributed by atoms with van der Waals surface area (Å²) in [6.07, 6.45) is 3.54. The van der Waals surface area contributed by atoms with Crippen LogP contribution in [-0.2, 0) is 6.54 Å². The smallest absolute Gasteiger partial charge is 0.313 e. The van der Waals surface area contributed by atoms with Crippen LogP contribution in [-0.4, -0.2) is 9.55 Å². The molecule has 0 radical (unpaired) electrons. The van der Waals surface area contributed by atoms with E-state index in [2.05, 4.69) is 27.0 Å². The highest BCUT2D eigenvalue weighted by molar-refractivity contribution is 9.10. The molecule has 1 saturated carbocycles.